The minimum absolute atomic E-state index is 0.497. The van der Waals surface area contributed by atoms with Crippen LogP contribution in [0.2, 0.25) is 0 Å². The van der Waals surface area contributed by atoms with Crippen molar-refractivity contribution in [3.05, 3.63) is 35.9 Å². The van der Waals surface area contributed by atoms with Crippen molar-refractivity contribution in [2.45, 2.75) is 25.7 Å². The van der Waals surface area contributed by atoms with Crippen LogP contribution in [0.5, 0.6) is 0 Å². The van der Waals surface area contributed by atoms with Gasteiger partial charge in [-0.2, -0.15) is 0 Å². The predicted octanol–water partition coefficient (Wildman–Crippen LogP) is 3.67. The number of benzene rings is 1. The summed E-state index contributed by atoms with van der Waals surface area (Å²) in [6.07, 6.45) is 2.33. The van der Waals surface area contributed by atoms with Crippen LogP contribution in [0.25, 0.3) is 0 Å². The third-order valence-corrected chi connectivity index (χ3v) is 2.41. The smallest absolute Gasteiger partial charge is 0.0585 e. The molecule has 0 fully saturated rings. The number of hydrogen-bond donors (Lipinski definition) is 0. The standard InChI is InChI=1S/C12H15NS/c1-2-6-12(9-13-10-14)11-7-4-3-5-8-11/h3-5,7-8,12H,2,6,9H2,1H3. The number of hydrogen-bond acceptors (Lipinski definition) is 2. The SMILES string of the molecule is CCCC(CN=C=S)c1ccccc1. The Morgan fingerprint density at radius 2 is 2.07 bits per heavy atom. The van der Waals surface area contributed by atoms with Gasteiger partial charge in [0.15, 0.2) is 0 Å². The average molecular weight is 205 g/mol. The van der Waals surface area contributed by atoms with Crippen molar-refractivity contribution in [3.63, 3.8) is 0 Å². The van der Waals surface area contributed by atoms with Gasteiger partial charge in [0.25, 0.3) is 0 Å². The molecule has 14 heavy (non-hydrogen) atoms. The van der Waals surface area contributed by atoms with Crippen LogP contribution in [0.15, 0.2) is 35.3 Å². The number of thiocarbonyl (C=S) groups is 1. The Balaban J connectivity index is 2.71. The molecule has 1 aromatic rings. The molecule has 0 saturated heterocycles. The summed E-state index contributed by atoms with van der Waals surface area (Å²) in [5.74, 6) is 0.497. The van der Waals surface area contributed by atoms with E-state index >= 15 is 0 Å². The summed E-state index contributed by atoms with van der Waals surface area (Å²) in [5, 5.41) is 2.43. The third-order valence-electron chi connectivity index (χ3n) is 2.28. The second kappa shape index (κ2) is 6.47. The van der Waals surface area contributed by atoms with E-state index in [-0.39, 0.29) is 0 Å². The fraction of sp³-hybridized carbons (Fsp3) is 0.417. The van der Waals surface area contributed by atoms with E-state index in [1.54, 1.807) is 0 Å². The van der Waals surface area contributed by atoms with Gasteiger partial charge >= 0.3 is 0 Å². The van der Waals surface area contributed by atoms with Gasteiger partial charge in [-0.3, -0.25) is 0 Å². The molecule has 2 heteroatoms. The normalized spacial score (nSPS) is 11.8. The molecule has 1 rings (SSSR count). The first kappa shape index (κ1) is 11.1. The number of isothiocyanates is 1. The lowest BCUT2D eigenvalue weighted by atomic mass is 9.95. The molecule has 0 heterocycles. The van der Waals surface area contributed by atoms with E-state index in [4.69, 9.17) is 0 Å². The second-order valence-electron chi connectivity index (χ2n) is 3.33. The molecule has 0 radical (unpaired) electrons. The summed E-state index contributed by atoms with van der Waals surface area (Å²) in [7, 11) is 0. The van der Waals surface area contributed by atoms with E-state index in [1.165, 1.54) is 12.0 Å². The van der Waals surface area contributed by atoms with Gasteiger partial charge in [-0.15, -0.1) is 0 Å². The zero-order valence-corrected chi connectivity index (χ0v) is 9.26. The van der Waals surface area contributed by atoms with Crippen molar-refractivity contribution in [2.24, 2.45) is 4.99 Å². The number of nitrogens with zero attached hydrogens (tertiary/aromatic N) is 1. The van der Waals surface area contributed by atoms with E-state index in [2.05, 4.69) is 53.6 Å². The van der Waals surface area contributed by atoms with Crippen molar-refractivity contribution in [3.8, 4) is 0 Å². The molecule has 0 aliphatic heterocycles. The summed E-state index contributed by atoms with van der Waals surface area (Å²) in [6.45, 7) is 2.96. The molecule has 0 aliphatic carbocycles. The van der Waals surface area contributed by atoms with Gasteiger partial charge in [-0.1, -0.05) is 43.7 Å². The van der Waals surface area contributed by atoms with E-state index < -0.39 is 0 Å². The van der Waals surface area contributed by atoms with Crippen LogP contribution < -0.4 is 0 Å². The highest BCUT2D eigenvalue weighted by atomic mass is 32.1. The maximum absolute atomic E-state index is 4.59. The first-order valence-electron chi connectivity index (χ1n) is 4.97. The van der Waals surface area contributed by atoms with E-state index in [9.17, 15) is 0 Å². The van der Waals surface area contributed by atoms with E-state index in [0.29, 0.717) is 5.92 Å². The highest BCUT2D eigenvalue weighted by Crippen LogP contribution is 2.20. The van der Waals surface area contributed by atoms with Crippen molar-refractivity contribution in [1.29, 1.82) is 0 Å². The summed E-state index contributed by atoms with van der Waals surface area (Å²) >= 11 is 4.59. The molecule has 0 amide bonds. The lowest BCUT2D eigenvalue weighted by Gasteiger charge is -2.12. The summed E-state index contributed by atoms with van der Waals surface area (Å²) in [6, 6.07) is 10.5. The summed E-state index contributed by atoms with van der Waals surface area (Å²) in [5.41, 5.74) is 1.35. The van der Waals surface area contributed by atoms with Crippen LogP contribution in [0.4, 0.5) is 0 Å². The molecule has 1 unspecified atom stereocenters. The molecular weight excluding hydrogens is 190 g/mol. The van der Waals surface area contributed by atoms with E-state index in [1.807, 2.05) is 6.07 Å². The first-order chi connectivity index (χ1) is 6.88. The van der Waals surface area contributed by atoms with E-state index in [0.717, 1.165) is 13.0 Å². The molecule has 0 saturated carbocycles. The third kappa shape index (κ3) is 3.41. The van der Waals surface area contributed by atoms with Gasteiger partial charge in [0.2, 0.25) is 0 Å². The Hall–Kier alpha value is -0.980. The molecule has 74 valence electrons. The Labute approximate surface area is 90.9 Å². The number of rotatable bonds is 5. The van der Waals surface area contributed by atoms with Crippen molar-refractivity contribution in [1.82, 2.24) is 0 Å². The fourth-order valence-corrected chi connectivity index (χ4v) is 1.66. The molecule has 0 aromatic heterocycles. The summed E-state index contributed by atoms with van der Waals surface area (Å²) < 4.78 is 0. The maximum Gasteiger partial charge on any atom is 0.0585 e. The Kier molecular flexibility index (Phi) is 5.13. The lowest BCUT2D eigenvalue weighted by molar-refractivity contribution is 0.625. The van der Waals surface area contributed by atoms with Gasteiger partial charge < -0.3 is 0 Å². The Morgan fingerprint density at radius 1 is 1.36 bits per heavy atom. The highest BCUT2D eigenvalue weighted by Gasteiger charge is 2.08. The quantitative estimate of drug-likeness (QED) is 0.527. The molecule has 0 bridgehead atoms. The minimum atomic E-state index is 0.497. The number of aliphatic imine (C=N–C) groups is 1. The van der Waals surface area contributed by atoms with Crippen LogP contribution in [0.3, 0.4) is 0 Å². The molecule has 1 atom stereocenters. The Morgan fingerprint density at radius 3 is 2.64 bits per heavy atom. The predicted molar refractivity (Wildman–Crippen MR) is 64.0 cm³/mol. The van der Waals surface area contributed by atoms with Crippen LogP contribution in [0, 0.1) is 0 Å². The van der Waals surface area contributed by atoms with Crippen molar-refractivity contribution >= 4 is 17.4 Å². The van der Waals surface area contributed by atoms with Crippen molar-refractivity contribution in [2.75, 3.05) is 6.54 Å². The minimum Gasteiger partial charge on any atom is -0.232 e. The molecule has 0 aliphatic rings. The zero-order valence-electron chi connectivity index (χ0n) is 8.44. The monoisotopic (exact) mass is 205 g/mol. The summed E-state index contributed by atoms with van der Waals surface area (Å²) in [4.78, 5) is 4.03. The zero-order chi connectivity index (χ0) is 10.2. The van der Waals surface area contributed by atoms with Gasteiger partial charge in [-0.05, 0) is 24.2 Å². The topological polar surface area (TPSA) is 12.4 Å². The van der Waals surface area contributed by atoms with Crippen LogP contribution in [0.1, 0.15) is 31.2 Å². The van der Waals surface area contributed by atoms with Gasteiger partial charge in [0.1, 0.15) is 0 Å². The molecule has 0 spiro atoms. The van der Waals surface area contributed by atoms with Crippen LogP contribution in [-0.4, -0.2) is 11.7 Å². The van der Waals surface area contributed by atoms with Crippen molar-refractivity contribution < 1.29 is 0 Å². The Bertz CT molecular complexity index is 301. The molecule has 1 nitrogen and oxygen atoms in total. The van der Waals surface area contributed by atoms with Gasteiger partial charge in [0.05, 0.1) is 11.7 Å². The van der Waals surface area contributed by atoms with Gasteiger partial charge in [0, 0.05) is 5.92 Å². The maximum atomic E-state index is 4.59. The lowest BCUT2D eigenvalue weighted by Crippen LogP contribution is -2.02. The fourth-order valence-electron chi connectivity index (χ4n) is 1.58. The van der Waals surface area contributed by atoms with Gasteiger partial charge in [-0.25, -0.2) is 4.99 Å². The van der Waals surface area contributed by atoms with Crippen LogP contribution in [-0.2, 0) is 0 Å². The average Bonchev–Trinajstić information content (AvgIpc) is 2.25. The molecule has 1 aromatic carbocycles. The molecular formula is C12H15NS. The van der Waals surface area contributed by atoms with Crippen LogP contribution >= 0.6 is 12.2 Å². The highest BCUT2D eigenvalue weighted by molar-refractivity contribution is 7.78. The second-order valence-corrected chi connectivity index (χ2v) is 3.51. The molecule has 0 N–H and O–H groups in total. The largest absolute Gasteiger partial charge is 0.232 e. The first-order valence-corrected chi connectivity index (χ1v) is 5.38.